The molecule has 6 rings (SSSR count). The van der Waals surface area contributed by atoms with Crippen LogP contribution < -0.4 is 21.3 Å². The summed E-state index contributed by atoms with van der Waals surface area (Å²) in [5, 5.41) is 29.4. The maximum atomic E-state index is 13.4. The molecule has 1 unspecified atom stereocenters. The van der Waals surface area contributed by atoms with E-state index in [2.05, 4.69) is 31.5 Å². The zero-order valence-electron chi connectivity index (χ0n) is 25.1. The van der Waals surface area contributed by atoms with Crippen molar-refractivity contribution < 1.29 is 23.9 Å². The molecule has 0 aliphatic heterocycles. The van der Waals surface area contributed by atoms with Crippen molar-refractivity contribution in [3.8, 4) is 0 Å². The number of rotatable bonds is 9. The molecule has 0 saturated carbocycles. The van der Waals surface area contributed by atoms with Crippen LogP contribution in [0.2, 0.25) is 0 Å². The van der Waals surface area contributed by atoms with Crippen LogP contribution in [0.25, 0.3) is 16.5 Å². The average Bonchev–Trinajstić information content (AvgIpc) is 3.51. The molecule has 0 spiro atoms. The number of hydrogen-bond acceptors (Lipinski definition) is 4. The first-order valence-electron chi connectivity index (χ1n) is 14.9. The molecule has 0 bridgehead atoms. The number of halogens is 1. The Kier molecular flexibility index (Phi) is 8.78. The lowest BCUT2D eigenvalue weighted by atomic mass is 9.79. The van der Waals surface area contributed by atoms with E-state index in [1.165, 1.54) is 18.2 Å². The average molecular weight is 631 g/mol. The fourth-order valence-corrected chi connectivity index (χ4v) is 5.52. The van der Waals surface area contributed by atoms with Gasteiger partial charge in [0.2, 0.25) is 0 Å². The highest BCUT2D eigenvalue weighted by Gasteiger charge is 2.35. The number of nitrogens with zero attached hydrogens (tertiary/aromatic N) is 1. The summed E-state index contributed by atoms with van der Waals surface area (Å²) in [6.45, 7) is 0.518. The maximum absolute atomic E-state index is 13.4. The molecule has 0 radical (unpaired) electrons. The maximum Gasteiger partial charge on any atom is 0.335 e. The Morgan fingerprint density at radius 2 is 1.60 bits per heavy atom. The van der Waals surface area contributed by atoms with Crippen molar-refractivity contribution in [2.45, 2.75) is 25.0 Å². The van der Waals surface area contributed by atoms with E-state index < -0.39 is 17.5 Å². The van der Waals surface area contributed by atoms with E-state index in [0.29, 0.717) is 34.4 Å². The second-order valence-corrected chi connectivity index (χ2v) is 11.1. The Morgan fingerprint density at radius 3 is 2.36 bits per heavy atom. The van der Waals surface area contributed by atoms with Crippen molar-refractivity contribution in [1.82, 2.24) is 26.1 Å². The second kappa shape index (κ2) is 13.4. The van der Waals surface area contributed by atoms with Gasteiger partial charge in [-0.1, -0.05) is 72.8 Å². The van der Waals surface area contributed by atoms with Gasteiger partial charge in [-0.3, -0.25) is 5.10 Å². The number of allylic oxidation sites excluding steroid dienone is 2. The molecule has 0 fully saturated rings. The fraction of sp³-hybridized carbons (Fsp3) is 0.111. The van der Waals surface area contributed by atoms with Crippen molar-refractivity contribution in [3.63, 3.8) is 0 Å². The second-order valence-electron chi connectivity index (χ2n) is 11.1. The summed E-state index contributed by atoms with van der Waals surface area (Å²) < 4.78 is 13.4. The van der Waals surface area contributed by atoms with Crippen molar-refractivity contribution in [1.29, 1.82) is 0 Å². The summed E-state index contributed by atoms with van der Waals surface area (Å²) in [6.07, 6.45) is 5.81. The summed E-state index contributed by atoms with van der Waals surface area (Å²) in [4.78, 5) is 37.9. The minimum atomic E-state index is -1.09. The molecule has 0 saturated heterocycles. The number of anilines is 1. The third kappa shape index (κ3) is 7.20. The van der Waals surface area contributed by atoms with E-state index in [0.717, 1.165) is 16.7 Å². The van der Waals surface area contributed by atoms with Gasteiger partial charge >= 0.3 is 18.0 Å². The van der Waals surface area contributed by atoms with E-state index in [-0.39, 0.29) is 30.4 Å². The third-order valence-corrected chi connectivity index (χ3v) is 7.90. The summed E-state index contributed by atoms with van der Waals surface area (Å²) >= 11 is 0. The number of carboxylic acid groups (broad SMARTS) is 1. The largest absolute Gasteiger partial charge is 0.478 e. The standard InChI is InChI=1S/C36H31FN6O4/c37-28-14-11-24(12-15-28)22-39-35(47)41-36(27-9-4-10-29(19-27)40-34(46)38-21-23-6-2-1-3-7-23)17-5-8-26(20-36)32-30-18-25(33(44)45)13-16-31(30)42-43-32/h1-19H,20-22H2,(H,42,43)(H,44,45)(H2,38,40,46)(H2,39,41,47). The first kappa shape index (κ1) is 30.8. The van der Waals surface area contributed by atoms with Crippen molar-refractivity contribution >= 4 is 40.2 Å². The first-order chi connectivity index (χ1) is 22.8. The number of carboxylic acids is 1. The number of aromatic nitrogens is 2. The van der Waals surface area contributed by atoms with Gasteiger partial charge in [-0.15, -0.1) is 0 Å². The number of nitrogens with one attached hydrogen (secondary N) is 5. The highest BCUT2D eigenvalue weighted by Crippen LogP contribution is 2.39. The molecule has 1 aliphatic rings. The first-order valence-corrected chi connectivity index (χ1v) is 14.9. The molecule has 1 atom stereocenters. The molecule has 1 heterocycles. The van der Waals surface area contributed by atoms with Crippen LogP contribution in [0, 0.1) is 5.82 Å². The smallest absolute Gasteiger partial charge is 0.335 e. The number of aromatic carboxylic acids is 1. The van der Waals surface area contributed by atoms with Crippen LogP contribution in [-0.4, -0.2) is 33.3 Å². The van der Waals surface area contributed by atoms with Crippen LogP contribution in [-0.2, 0) is 18.6 Å². The van der Waals surface area contributed by atoms with Gasteiger partial charge in [-0.05, 0) is 64.7 Å². The van der Waals surface area contributed by atoms with Crippen molar-refractivity contribution in [3.05, 3.63) is 149 Å². The minimum absolute atomic E-state index is 0.126. The Morgan fingerprint density at radius 1 is 0.851 bits per heavy atom. The zero-order valence-corrected chi connectivity index (χ0v) is 25.1. The van der Waals surface area contributed by atoms with E-state index >= 15 is 0 Å². The number of fused-ring (bicyclic) bond motifs is 1. The molecule has 6 N–H and O–H groups in total. The molecular weight excluding hydrogens is 599 g/mol. The van der Waals surface area contributed by atoms with Gasteiger partial charge in [0.25, 0.3) is 0 Å². The highest BCUT2D eigenvalue weighted by atomic mass is 19.1. The van der Waals surface area contributed by atoms with Crippen molar-refractivity contribution in [2.75, 3.05) is 5.32 Å². The molecule has 1 aliphatic carbocycles. The SMILES string of the molecule is O=C(NCc1ccccc1)Nc1cccc(C2(NC(=O)NCc3ccc(F)cc3)C=CC=C(c3n[nH]c4ccc(C(=O)O)cc34)C2)c1. The van der Waals surface area contributed by atoms with Crippen LogP contribution >= 0.6 is 0 Å². The number of aromatic amines is 1. The van der Waals surface area contributed by atoms with Crippen LogP contribution in [0.1, 0.15) is 39.2 Å². The Labute approximate surface area is 269 Å². The minimum Gasteiger partial charge on any atom is -0.478 e. The number of carbonyl (C=O) groups is 3. The number of hydrogen-bond donors (Lipinski definition) is 6. The Balaban J connectivity index is 1.28. The van der Waals surface area contributed by atoms with Crippen LogP contribution in [0.4, 0.5) is 19.7 Å². The molecule has 236 valence electrons. The van der Waals surface area contributed by atoms with Crippen LogP contribution in [0.3, 0.4) is 0 Å². The Bertz CT molecular complexity index is 2010. The third-order valence-electron chi connectivity index (χ3n) is 7.90. The highest BCUT2D eigenvalue weighted by molar-refractivity contribution is 5.98. The molecule has 5 aromatic rings. The summed E-state index contributed by atoms with van der Waals surface area (Å²) in [5.41, 5.74) is 3.89. The summed E-state index contributed by atoms with van der Waals surface area (Å²) in [7, 11) is 0. The topological polar surface area (TPSA) is 148 Å². The van der Waals surface area contributed by atoms with Gasteiger partial charge in [0.1, 0.15) is 5.82 Å². The predicted octanol–water partition coefficient (Wildman–Crippen LogP) is 6.46. The van der Waals surface area contributed by atoms with E-state index in [1.807, 2.05) is 54.6 Å². The monoisotopic (exact) mass is 630 g/mol. The predicted molar refractivity (Wildman–Crippen MR) is 177 cm³/mol. The van der Waals surface area contributed by atoms with Crippen LogP contribution in [0.15, 0.2) is 115 Å². The quantitative estimate of drug-likeness (QED) is 0.111. The molecule has 4 aromatic carbocycles. The molecular formula is C36H31FN6O4. The fourth-order valence-electron chi connectivity index (χ4n) is 5.52. The summed E-state index contributed by atoms with van der Waals surface area (Å²) in [6, 6.07) is 26.5. The van der Waals surface area contributed by atoms with Gasteiger partial charge < -0.3 is 26.4 Å². The van der Waals surface area contributed by atoms with E-state index in [4.69, 9.17) is 0 Å². The van der Waals surface area contributed by atoms with E-state index in [1.54, 1.807) is 42.5 Å². The van der Waals surface area contributed by atoms with Crippen molar-refractivity contribution in [2.24, 2.45) is 0 Å². The molecule has 10 nitrogen and oxygen atoms in total. The number of H-pyrrole nitrogens is 1. The lowest BCUT2D eigenvalue weighted by Crippen LogP contribution is -2.49. The van der Waals surface area contributed by atoms with Gasteiger partial charge in [-0.2, -0.15) is 5.10 Å². The van der Waals surface area contributed by atoms with Gasteiger partial charge in [-0.25, -0.2) is 18.8 Å². The lowest BCUT2D eigenvalue weighted by Gasteiger charge is -2.35. The molecule has 11 heteroatoms. The number of amides is 4. The Hall–Kier alpha value is -6.23. The lowest BCUT2D eigenvalue weighted by molar-refractivity contribution is 0.0697. The molecule has 47 heavy (non-hydrogen) atoms. The van der Waals surface area contributed by atoms with E-state index in [9.17, 15) is 23.9 Å². The number of carbonyl (C=O) groups excluding carboxylic acids is 2. The van der Waals surface area contributed by atoms with Gasteiger partial charge in [0.15, 0.2) is 0 Å². The molecule has 1 aromatic heterocycles. The summed E-state index contributed by atoms with van der Waals surface area (Å²) in [5.74, 6) is -1.42. The normalized spacial score (nSPS) is 15.5. The van der Waals surface area contributed by atoms with Crippen LogP contribution in [0.5, 0.6) is 0 Å². The van der Waals surface area contributed by atoms with Gasteiger partial charge in [0.05, 0.1) is 22.3 Å². The number of urea groups is 2. The molecule has 4 amide bonds. The zero-order chi connectivity index (χ0) is 32.8. The number of benzene rings is 4. The van der Waals surface area contributed by atoms with Gasteiger partial charge in [0, 0.05) is 30.6 Å².